The molecule has 0 aliphatic carbocycles. The Morgan fingerprint density at radius 2 is 1.90 bits per heavy atom. The van der Waals surface area contributed by atoms with Gasteiger partial charge in [0.1, 0.15) is 10.8 Å². The van der Waals surface area contributed by atoms with Gasteiger partial charge in [-0.3, -0.25) is 0 Å². The highest BCUT2D eigenvalue weighted by Crippen LogP contribution is 2.26. The van der Waals surface area contributed by atoms with Gasteiger partial charge in [-0.2, -0.15) is 0 Å². The Balaban J connectivity index is 2.13. The lowest BCUT2D eigenvalue weighted by Gasteiger charge is -2.20. The first-order valence-corrected chi connectivity index (χ1v) is 6.78. The highest BCUT2D eigenvalue weighted by Gasteiger charge is 2.31. The Morgan fingerprint density at radius 1 is 1.25 bits per heavy atom. The van der Waals surface area contributed by atoms with Crippen molar-refractivity contribution in [1.29, 1.82) is 0 Å². The van der Waals surface area contributed by atoms with E-state index < -0.39 is 12.2 Å². The minimum atomic E-state index is -0.775. The fraction of sp³-hybridized carbons (Fsp3) is 0.286. The summed E-state index contributed by atoms with van der Waals surface area (Å²) in [7, 11) is 0. The smallest absolute Gasteiger partial charge is 0.139 e. The zero-order valence-electron chi connectivity index (χ0n) is 10.7. The lowest BCUT2D eigenvalue weighted by atomic mass is 10.1. The van der Waals surface area contributed by atoms with Crippen molar-refractivity contribution in [2.24, 2.45) is 5.73 Å². The molecule has 2 aromatic rings. The Labute approximate surface area is 121 Å². The van der Waals surface area contributed by atoms with E-state index >= 15 is 0 Å². The van der Waals surface area contributed by atoms with Gasteiger partial charge in [-0.15, -0.1) is 0 Å². The molecule has 0 bridgehead atoms. The number of anilines is 1. The zero-order chi connectivity index (χ0) is 14.3. The number of aromatic nitrogens is 1. The fourth-order valence-electron chi connectivity index (χ4n) is 2.47. The number of β-amino-alcohol motifs (C(OH)–C–C–N with tert-alkyl or cyclic N) is 2. The average molecular weight is 289 g/mol. The Hall–Kier alpha value is -1.76. The first kappa shape index (κ1) is 13.2. The fourth-order valence-corrected chi connectivity index (χ4v) is 2.62. The molecule has 1 aromatic carbocycles. The lowest BCUT2D eigenvalue weighted by Crippen LogP contribution is -2.26. The SMILES string of the molecule is NC(=S)c1cc2ccccc2nc1N1CC(O)C(O)C1. The van der Waals surface area contributed by atoms with E-state index in [1.165, 1.54) is 0 Å². The number of hydrogen-bond donors (Lipinski definition) is 3. The molecule has 1 aromatic heterocycles. The van der Waals surface area contributed by atoms with Gasteiger partial charge < -0.3 is 20.8 Å². The van der Waals surface area contributed by atoms with Gasteiger partial charge in [-0.1, -0.05) is 30.4 Å². The van der Waals surface area contributed by atoms with Crippen LogP contribution in [-0.4, -0.2) is 45.5 Å². The van der Waals surface area contributed by atoms with Crippen molar-refractivity contribution < 1.29 is 10.2 Å². The maximum absolute atomic E-state index is 9.69. The standard InChI is InChI=1S/C14H15N3O2S/c15-13(20)9-5-8-3-1-2-4-10(8)16-14(9)17-6-11(18)12(19)7-17/h1-5,11-12,18-19H,6-7H2,(H2,15,20). The van der Waals surface area contributed by atoms with E-state index in [1.54, 1.807) is 0 Å². The van der Waals surface area contributed by atoms with Crippen LogP contribution in [0.3, 0.4) is 0 Å². The summed E-state index contributed by atoms with van der Waals surface area (Å²) >= 11 is 5.09. The molecule has 20 heavy (non-hydrogen) atoms. The molecular weight excluding hydrogens is 274 g/mol. The minimum Gasteiger partial charge on any atom is -0.389 e. The summed E-state index contributed by atoms with van der Waals surface area (Å²) in [4.78, 5) is 6.66. The molecule has 2 atom stereocenters. The van der Waals surface area contributed by atoms with Gasteiger partial charge in [-0.25, -0.2) is 4.98 Å². The summed E-state index contributed by atoms with van der Waals surface area (Å²) < 4.78 is 0. The first-order valence-electron chi connectivity index (χ1n) is 6.37. The minimum absolute atomic E-state index is 0.258. The van der Waals surface area contributed by atoms with E-state index in [0.717, 1.165) is 10.9 Å². The van der Waals surface area contributed by atoms with Crippen LogP contribution in [0.15, 0.2) is 30.3 Å². The molecule has 0 saturated carbocycles. The second-order valence-corrected chi connectivity index (χ2v) is 5.40. The third-order valence-corrected chi connectivity index (χ3v) is 3.75. The van der Waals surface area contributed by atoms with Crippen LogP contribution in [0.25, 0.3) is 10.9 Å². The van der Waals surface area contributed by atoms with Crippen molar-refractivity contribution in [2.45, 2.75) is 12.2 Å². The van der Waals surface area contributed by atoms with Gasteiger partial charge in [0.05, 0.1) is 23.3 Å². The van der Waals surface area contributed by atoms with Crippen molar-refractivity contribution >= 4 is 33.9 Å². The van der Waals surface area contributed by atoms with Crippen molar-refractivity contribution in [1.82, 2.24) is 4.98 Å². The second kappa shape index (κ2) is 4.97. The number of aliphatic hydroxyl groups excluding tert-OH is 2. The summed E-state index contributed by atoms with van der Waals surface area (Å²) in [6, 6.07) is 9.59. The third kappa shape index (κ3) is 2.22. The van der Waals surface area contributed by atoms with E-state index in [-0.39, 0.29) is 4.99 Å². The Morgan fingerprint density at radius 3 is 2.55 bits per heavy atom. The molecule has 104 valence electrons. The molecule has 1 fully saturated rings. The second-order valence-electron chi connectivity index (χ2n) is 4.96. The van der Waals surface area contributed by atoms with Crippen molar-refractivity contribution in [3.8, 4) is 0 Å². The summed E-state index contributed by atoms with van der Waals surface area (Å²) in [5.41, 5.74) is 7.28. The number of nitrogens with two attached hydrogens (primary N) is 1. The van der Waals surface area contributed by atoms with Crippen LogP contribution >= 0.6 is 12.2 Å². The highest BCUT2D eigenvalue weighted by molar-refractivity contribution is 7.80. The van der Waals surface area contributed by atoms with E-state index in [0.29, 0.717) is 24.5 Å². The molecule has 1 saturated heterocycles. The van der Waals surface area contributed by atoms with Crippen LogP contribution in [0, 0.1) is 0 Å². The summed E-state index contributed by atoms with van der Waals surface area (Å²) in [6.07, 6.45) is -1.55. The number of hydrogen-bond acceptors (Lipinski definition) is 5. The number of para-hydroxylation sites is 1. The molecule has 4 N–H and O–H groups in total. The number of rotatable bonds is 2. The molecule has 1 aliphatic heterocycles. The maximum Gasteiger partial charge on any atom is 0.139 e. The predicted molar refractivity (Wildman–Crippen MR) is 81.9 cm³/mol. The van der Waals surface area contributed by atoms with Crippen LogP contribution in [0.5, 0.6) is 0 Å². The summed E-state index contributed by atoms with van der Waals surface area (Å²) in [6.45, 7) is 0.643. The maximum atomic E-state index is 9.69. The van der Waals surface area contributed by atoms with Crippen LogP contribution in [0.4, 0.5) is 5.82 Å². The molecule has 0 amide bonds. The van der Waals surface area contributed by atoms with Crippen molar-refractivity contribution in [3.05, 3.63) is 35.9 Å². The summed E-state index contributed by atoms with van der Waals surface area (Å²) in [5, 5.41) is 20.3. The quantitative estimate of drug-likeness (QED) is 0.695. The van der Waals surface area contributed by atoms with Gasteiger partial charge >= 0.3 is 0 Å². The molecule has 2 heterocycles. The summed E-state index contributed by atoms with van der Waals surface area (Å²) in [5.74, 6) is 0.617. The molecule has 0 radical (unpaired) electrons. The zero-order valence-corrected chi connectivity index (χ0v) is 11.5. The molecule has 6 heteroatoms. The molecule has 2 unspecified atom stereocenters. The molecule has 0 spiro atoms. The van der Waals surface area contributed by atoms with Crippen molar-refractivity contribution in [2.75, 3.05) is 18.0 Å². The lowest BCUT2D eigenvalue weighted by molar-refractivity contribution is 0.0572. The van der Waals surface area contributed by atoms with Crippen LogP contribution in [0.1, 0.15) is 5.56 Å². The Kier molecular flexibility index (Phi) is 3.29. The van der Waals surface area contributed by atoms with Crippen LogP contribution < -0.4 is 10.6 Å². The van der Waals surface area contributed by atoms with E-state index in [9.17, 15) is 10.2 Å². The van der Waals surface area contributed by atoms with Gasteiger partial charge in [0.25, 0.3) is 0 Å². The van der Waals surface area contributed by atoms with Gasteiger partial charge in [-0.05, 0) is 12.1 Å². The van der Waals surface area contributed by atoms with Crippen LogP contribution in [0.2, 0.25) is 0 Å². The monoisotopic (exact) mass is 289 g/mol. The highest BCUT2D eigenvalue weighted by atomic mass is 32.1. The van der Waals surface area contributed by atoms with Crippen LogP contribution in [-0.2, 0) is 0 Å². The first-order chi connectivity index (χ1) is 9.56. The average Bonchev–Trinajstić information content (AvgIpc) is 2.77. The molecule has 1 aliphatic rings. The molecule has 5 nitrogen and oxygen atoms in total. The van der Waals surface area contributed by atoms with Crippen molar-refractivity contribution in [3.63, 3.8) is 0 Å². The number of nitrogens with zero attached hydrogens (tertiary/aromatic N) is 2. The van der Waals surface area contributed by atoms with Gasteiger partial charge in [0.2, 0.25) is 0 Å². The number of thiocarbonyl (C=S) groups is 1. The Bertz CT molecular complexity index is 667. The molecular formula is C14H15N3O2S. The van der Waals surface area contributed by atoms with E-state index in [2.05, 4.69) is 4.98 Å². The number of aliphatic hydroxyl groups is 2. The topological polar surface area (TPSA) is 82.6 Å². The largest absolute Gasteiger partial charge is 0.389 e. The number of pyridine rings is 1. The van der Waals surface area contributed by atoms with E-state index in [4.69, 9.17) is 18.0 Å². The number of fused-ring (bicyclic) bond motifs is 1. The molecule has 3 rings (SSSR count). The third-order valence-electron chi connectivity index (χ3n) is 3.53. The normalized spacial score (nSPS) is 22.4. The van der Waals surface area contributed by atoms with E-state index in [1.807, 2.05) is 35.2 Å². The van der Waals surface area contributed by atoms with Gasteiger partial charge in [0.15, 0.2) is 0 Å². The predicted octanol–water partition coefficient (Wildman–Crippen LogP) is 0.411. The number of benzene rings is 1. The van der Waals surface area contributed by atoms with Gasteiger partial charge in [0, 0.05) is 18.5 Å².